The fourth-order valence-electron chi connectivity index (χ4n) is 5.69. The van der Waals surface area contributed by atoms with Crippen LogP contribution >= 0.6 is 11.6 Å². The highest BCUT2D eigenvalue weighted by Gasteiger charge is 2.30. The van der Waals surface area contributed by atoms with E-state index < -0.39 is 11.5 Å². The van der Waals surface area contributed by atoms with Crippen molar-refractivity contribution in [1.82, 2.24) is 9.55 Å². The molecule has 0 spiro atoms. The average molecular weight is 551 g/mol. The predicted molar refractivity (Wildman–Crippen MR) is 150 cm³/mol. The van der Waals surface area contributed by atoms with Gasteiger partial charge in [-0.1, -0.05) is 17.7 Å². The Morgan fingerprint density at radius 2 is 2.00 bits per heavy atom. The highest BCUT2D eigenvalue weighted by Crippen LogP contribution is 2.39. The number of aromatic nitrogens is 2. The fraction of sp³-hybridized carbons (Fsp3) is 0.414. The largest absolute Gasteiger partial charge is 0.492 e. The quantitative estimate of drug-likeness (QED) is 0.375. The number of amides is 1. The zero-order valence-corrected chi connectivity index (χ0v) is 22.8. The maximum atomic E-state index is 13.4. The van der Waals surface area contributed by atoms with Crippen molar-refractivity contribution >= 4 is 45.2 Å². The van der Waals surface area contributed by atoms with Crippen LogP contribution in [0.25, 0.3) is 22.0 Å². The Morgan fingerprint density at radius 3 is 2.72 bits per heavy atom. The number of hydrogen-bond donors (Lipinski definition) is 1. The third kappa shape index (κ3) is 4.74. The van der Waals surface area contributed by atoms with Gasteiger partial charge in [0, 0.05) is 50.0 Å². The van der Waals surface area contributed by atoms with Crippen molar-refractivity contribution in [1.29, 1.82) is 0 Å². The monoisotopic (exact) mass is 550 g/mol. The van der Waals surface area contributed by atoms with E-state index >= 15 is 0 Å². The molecule has 2 aromatic carbocycles. The Labute approximate surface area is 230 Å². The third-order valence-corrected chi connectivity index (χ3v) is 8.18. The van der Waals surface area contributed by atoms with Crippen LogP contribution in [0.4, 0.5) is 5.69 Å². The molecular weight excluding hydrogens is 520 g/mol. The Morgan fingerprint density at radius 1 is 1.21 bits per heavy atom. The second-order valence-electron chi connectivity index (χ2n) is 10.6. The summed E-state index contributed by atoms with van der Waals surface area (Å²) in [4.78, 5) is 32.8. The first-order chi connectivity index (χ1) is 18.8. The van der Waals surface area contributed by atoms with Gasteiger partial charge in [0.1, 0.15) is 16.8 Å². The lowest BCUT2D eigenvalue weighted by Crippen LogP contribution is -2.38. The maximum absolute atomic E-state index is 13.4. The van der Waals surface area contributed by atoms with E-state index in [2.05, 4.69) is 4.90 Å². The van der Waals surface area contributed by atoms with Gasteiger partial charge in [-0.15, -0.1) is 0 Å². The number of nitrogens with zero attached hydrogens (tertiary/aromatic N) is 3. The third-order valence-electron chi connectivity index (χ3n) is 7.89. The molecule has 2 aromatic heterocycles. The molecule has 2 N–H and O–H groups in total. The van der Waals surface area contributed by atoms with E-state index in [0.717, 1.165) is 48.4 Å². The van der Waals surface area contributed by atoms with Gasteiger partial charge in [0.05, 0.1) is 29.4 Å². The SMILES string of the molecule is Cc1ccc2oc(C3CCN(c4c(C(N)=O)c(=O)n(C)c5cc(OC[C@H]6CCOC6)c(Cl)cc45)CC3)nc2c1. The summed E-state index contributed by atoms with van der Waals surface area (Å²) >= 11 is 6.68. The minimum atomic E-state index is -0.762. The molecule has 2 fully saturated rings. The molecule has 4 aromatic rings. The van der Waals surface area contributed by atoms with Gasteiger partial charge < -0.3 is 29.1 Å². The highest BCUT2D eigenvalue weighted by molar-refractivity contribution is 6.33. The van der Waals surface area contributed by atoms with Crippen molar-refractivity contribution in [3.05, 3.63) is 62.7 Å². The van der Waals surface area contributed by atoms with Gasteiger partial charge in [-0.3, -0.25) is 9.59 Å². The fourth-order valence-corrected chi connectivity index (χ4v) is 5.90. The number of fused-ring (bicyclic) bond motifs is 2. The summed E-state index contributed by atoms with van der Waals surface area (Å²) in [5.74, 6) is 0.888. The van der Waals surface area contributed by atoms with Crippen molar-refractivity contribution in [3.63, 3.8) is 0 Å². The van der Waals surface area contributed by atoms with E-state index in [9.17, 15) is 9.59 Å². The first-order valence-electron chi connectivity index (χ1n) is 13.3. The number of rotatable bonds is 6. The first-order valence-corrected chi connectivity index (χ1v) is 13.7. The van der Waals surface area contributed by atoms with Gasteiger partial charge in [-0.05, 0) is 49.9 Å². The van der Waals surface area contributed by atoms with E-state index in [-0.39, 0.29) is 11.5 Å². The molecule has 2 saturated heterocycles. The van der Waals surface area contributed by atoms with E-state index in [0.29, 0.717) is 59.6 Å². The lowest BCUT2D eigenvalue weighted by molar-refractivity contribution is 0.0999. The minimum absolute atomic E-state index is 0.0337. The number of pyridine rings is 1. The van der Waals surface area contributed by atoms with Crippen LogP contribution in [0.2, 0.25) is 5.02 Å². The topological polar surface area (TPSA) is 113 Å². The van der Waals surface area contributed by atoms with Crippen LogP contribution in [0.3, 0.4) is 0 Å². The number of piperidine rings is 1. The zero-order valence-electron chi connectivity index (χ0n) is 22.0. The van der Waals surface area contributed by atoms with Crippen molar-refractivity contribution in [2.75, 3.05) is 37.8 Å². The van der Waals surface area contributed by atoms with Crippen LogP contribution in [0, 0.1) is 12.8 Å². The smallest absolute Gasteiger partial charge is 0.265 e. The summed E-state index contributed by atoms with van der Waals surface area (Å²) in [5.41, 5.74) is 9.20. The molecule has 2 aliphatic heterocycles. The second-order valence-corrected chi connectivity index (χ2v) is 11.0. The van der Waals surface area contributed by atoms with E-state index in [1.807, 2.05) is 25.1 Å². The molecule has 6 rings (SSSR count). The lowest BCUT2D eigenvalue weighted by atomic mass is 9.95. The molecular formula is C29H31ClN4O5. The molecule has 9 nitrogen and oxygen atoms in total. The van der Waals surface area contributed by atoms with Crippen LogP contribution in [0.5, 0.6) is 5.75 Å². The number of aryl methyl sites for hydroxylation is 2. The van der Waals surface area contributed by atoms with Gasteiger partial charge in [0.2, 0.25) is 0 Å². The number of benzene rings is 2. The molecule has 10 heteroatoms. The summed E-state index contributed by atoms with van der Waals surface area (Å²) in [6, 6.07) is 9.53. The molecule has 0 radical (unpaired) electrons. The van der Waals surface area contributed by atoms with Gasteiger partial charge in [-0.25, -0.2) is 4.98 Å². The van der Waals surface area contributed by atoms with Gasteiger partial charge in [0.25, 0.3) is 11.5 Å². The minimum Gasteiger partial charge on any atom is -0.492 e. The molecule has 0 bridgehead atoms. The number of primary amides is 1. The van der Waals surface area contributed by atoms with Gasteiger partial charge in [-0.2, -0.15) is 0 Å². The van der Waals surface area contributed by atoms with Crippen molar-refractivity contribution in [3.8, 4) is 5.75 Å². The summed E-state index contributed by atoms with van der Waals surface area (Å²) in [6.45, 7) is 5.10. The molecule has 0 aliphatic carbocycles. The molecule has 4 heterocycles. The van der Waals surface area contributed by atoms with Crippen LogP contribution in [-0.2, 0) is 11.8 Å². The molecule has 39 heavy (non-hydrogen) atoms. The average Bonchev–Trinajstić information content (AvgIpc) is 3.59. The number of nitrogens with two attached hydrogens (primary N) is 1. The van der Waals surface area contributed by atoms with Gasteiger partial charge >= 0.3 is 0 Å². The van der Waals surface area contributed by atoms with Crippen molar-refractivity contribution < 1.29 is 18.7 Å². The second kappa shape index (κ2) is 10.2. The molecule has 0 unspecified atom stereocenters. The van der Waals surface area contributed by atoms with E-state index in [4.69, 9.17) is 36.2 Å². The summed E-state index contributed by atoms with van der Waals surface area (Å²) < 4.78 is 19.0. The molecule has 0 saturated carbocycles. The number of ether oxygens (including phenoxy) is 2. The van der Waals surface area contributed by atoms with Gasteiger partial charge in [0.15, 0.2) is 11.5 Å². The Balaban J connectivity index is 1.33. The molecule has 2 aliphatic rings. The number of halogens is 1. The zero-order chi connectivity index (χ0) is 27.3. The summed E-state index contributed by atoms with van der Waals surface area (Å²) in [7, 11) is 1.63. The summed E-state index contributed by atoms with van der Waals surface area (Å²) in [6.07, 6.45) is 2.44. The number of carbonyl (C=O) groups excluding carboxylic acids is 1. The first kappa shape index (κ1) is 25.7. The standard InChI is InChI=1S/C29H31ClN4O5/c1-16-3-4-23-21(11-16)32-28(39-23)18-5-8-34(9-6-18)26-19-12-20(30)24(38-15-17-7-10-37-14-17)13-22(19)33(2)29(36)25(26)27(31)35/h3-4,11-13,17-18H,5-10,14-15H2,1-2H3,(H2,31,35)/t17-/m0/s1. The van der Waals surface area contributed by atoms with Crippen molar-refractivity contribution in [2.24, 2.45) is 18.7 Å². The van der Waals surface area contributed by atoms with Crippen LogP contribution in [0.15, 0.2) is 39.5 Å². The van der Waals surface area contributed by atoms with Crippen LogP contribution in [-0.4, -0.2) is 48.4 Å². The molecule has 1 atom stereocenters. The molecule has 204 valence electrons. The maximum Gasteiger partial charge on any atom is 0.265 e. The Kier molecular flexibility index (Phi) is 6.72. The number of anilines is 1. The number of hydrogen-bond acceptors (Lipinski definition) is 7. The molecule has 1 amide bonds. The Bertz CT molecular complexity index is 1630. The highest BCUT2D eigenvalue weighted by atomic mass is 35.5. The Hall–Kier alpha value is -3.56. The predicted octanol–water partition coefficient (Wildman–Crippen LogP) is 4.54. The summed E-state index contributed by atoms with van der Waals surface area (Å²) in [5, 5.41) is 1.09. The van der Waals surface area contributed by atoms with E-state index in [1.54, 1.807) is 19.2 Å². The van der Waals surface area contributed by atoms with E-state index in [1.165, 1.54) is 4.57 Å². The number of carbonyl (C=O) groups is 1. The van der Waals surface area contributed by atoms with Crippen LogP contribution < -0.4 is 20.9 Å². The van der Waals surface area contributed by atoms with Crippen LogP contribution in [0.1, 0.15) is 47.0 Å². The van der Waals surface area contributed by atoms with Crippen molar-refractivity contribution in [2.45, 2.75) is 32.1 Å². The lowest BCUT2D eigenvalue weighted by Gasteiger charge is -2.34. The normalized spacial score (nSPS) is 18.3. The number of oxazole rings is 1.